The van der Waals surface area contributed by atoms with E-state index in [4.69, 9.17) is 9.94 Å². The lowest BCUT2D eigenvalue weighted by atomic mass is 9.76. The second kappa shape index (κ2) is 4.23. The molecule has 0 spiro atoms. The molecule has 0 fully saturated rings. The standard InChI is InChI=1S/C12H15NO3/c1-12(6-11(14)13-15)8-16-7-9-4-2-3-5-10(9)12/h2-5,15H,6-8H2,1H3,(H,13,14). The van der Waals surface area contributed by atoms with Crippen LogP contribution in [0.5, 0.6) is 0 Å². The van der Waals surface area contributed by atoms with Crippen molar-refractivity contribution in [2.24, 2.45) is 0 Å². The van der Waals surface area contributed by atoms with Gasteiger partial charge in [-0.3, -0.25) is 10.0 Å². The number of ether oxygens (including phenoxy) is 1. The van der Waals surface area contributed by atoms with Gasteiger partial charge < -0.3 is 4.74 Å². The fraction of sp³-hybridized carbons (Fsp3) is 0.417. The predicted molar refractivity (Wildman–Crippen MR) is 58.0 cm³/mol. The Morgan fingerprint density at radius 3 is 3.06 bits per heavy atom. The topological polar surface area (TPSA) is 58.6 Å². The van der Waals surface area contributed by atoms with E-state index >= 15 is 0 Å². The number of hydrogen-bond donors (Lipinski definition) is 2. The molecule has 0 radical (unpaired) electrons. The van der Waals surface area contributed by atoms with Crippen LogP contribution in [0.1, 0.15) is 24.5 Å². The zero-order valence-corrected chi connectivity index (χ0v) is 9.19. The first-order chi connectivity index (χ1) is 7.65. The van der Waals surface area contributed by atoms with Crippen molar-refractivity contribution in [1.82, 2.24) is 5.48 Å². The lowest BCUT2D eigenvalue weighted by molar-refractivity contribution is -0.131. The number of fused-ring (bicyclic) bond motifs is 1. The largest absolute Gasteiger partial charge is 0.376 e. The Kier molecular flexibility index (Phi) is 2.94. The van der Waals surface area contributed by atoms with Gasteiger partial charge in [0.05, 0.1) is 13.2 Å². The average Bonchev–Trinajstić information content (AvgIpc) is 2.29. The van der Waals surface area contributed by atoms with Crippen molar-refractivity contribution in [3.8, 4) is 0 Å². The maximum atomic E-state index is 11.3. The summed E-state index contributed by atoms with van der Waals surface area (Å²) in [6.07, 6.45) is 0.223. The Labute approximate surface area is 94.2 Å². The van der Waals surface area contributed by atoms with Crippen molar-refractivity contribution < 1.29 is 14.7 Å². The van der Waals surface area contributed by atoms with Crippen LogP contribution >= 0.6 is 0 Å². The molecule has 1 amide bonds. The fourth-order valence-electron chi connectivity index (χ4n) is 2.24. The highest BCUT2D eigenvalue weighted by atomic mass is 16.5. The summed E-state index contributed by atoms with van der Waals surface area (Å²) in [7, 11) is 0. The summed E-state index contributed by atoms with van der Waals surface area (Å²) in [5, 5.41) is 8.59. The van der Waals surface area contributed by atoms with Gasteiger partial charge in [-0.2, -0.15) is 0 Å². The van der Waals surface area contributed by atoms with Gasteiger partial charge >= 0.3 is 0 Å². The van der Waals surface area contributed by atoms with E-state index < -0.39 is 0 Å². The highest BCUT2D eigenvalue weighted by Gasteiger charge is 2.34. The van der Waals surface area contributed by atoms with Crippen LogP contribution in [-0.2, 0) is 21.6 Å². The van der Waals surface area contributed by atoms with Crippen molar-refractivity contribution in [3.05, 3.63) is 35.4 Å². The second-order valence-corrected chi connectivity index (χ2v) is 4.42. The van der Waals surface area contributed by atoms with Gasteiger partial charge in [-0.1, -0.05) is 31.2 Å². The first kappa shape index (κ1) is 11.1. The molecule has 1 atom stereocenters. The number of carbonyl (C=O) groups excluding carboxylic acids is 1. The number of rotatable bonds is 2. The number of amides is 1. The summed E-state index contributed by atoms with van der Waals surface area (Å²) in [5.41, 5.74) is 3.56. The zero-order valence-electron chi connectivity index (χ0n) is 9.19. The molecule has 1 aromatic rings. The molecule has 16 heavy (non-hydrogen) atoms. The number of hydrogen-bond acceptors (Lipinski definition) is 3. The van der Waals surface area contributed by atoms with Crippen LogP contribution in [-0.4, -0.2) is 17.7 Å². The summed E-state index contributed by atoms with van der Waals surface area (Å²) < 4.78 is 5.50. The lowest BCUT2D eigenvalue weighted by Crippen LogP contribution is -2.38. The van der Waals surface area contributed by atoms with Crippen LogP contribution in [0, 0.1) is 0 Å². The third-order valence-electron chi connectivity index (χ3n) is 3.02. The van der Waals surface area contributed by atoms with E-state index in [9.17, 15) is 4.79 Å². The molecule has 1 unspecified atom stereocenters. The normalized spacial score (nSPS) is 23.6. The Morgan fingerprint density at radius 1 is 1.56 bits per heavy atom. The van der Waals surface area contributed by atoms with E-state index in [0.29, 0.717) is 13.2 Å². The van der Waals surface area contributed by atoms with Crippen LogP contribution in [0.15, 0.2) is 24.3 Å². The van der Waals surface area contributed by atoms with Crippen LogP contribution in [0.3, 0.4) is 0 Å². The Morgan fingerprint density at radius 2 is 2.31 bits per heavy atom. The van der Waals surface area contributed by atoms with E-state index in [1.807, 2.05) is 31.2 Å². The Hall–Kier alpha value is -1.39. The molecule has 86 valence electrons. The average molecular weight is 221 g/mol. The van der Waals surface area contributed by atoms with E-state index in [0.717, 1.165) is 11.1 Å². The third-order valence-corrected chi connectivity index (χ3v) is 3.02. The summed E-state index contributed by atoms with van der Waals surface area (Å²) in [5.74, 6) is -0.386. The summed E-state index contributed by atoms with van der Waals surface area (Å²) in [4.78, 5) is 11.3. The summed E-state index contributed by atoms with van der Waals surface area (Å²) in [6.45, 7) is 3.06. The molecule has 1 aliphatic heterocycles. The molecular weight excluding hydrogens is 206 g/mol. The number of hydroxylamine groups is 1. The van der Waals surface area contributed by atoms with Gasteiger partial charge in [0, 0.05) is 11.8 Å². The van der Waals surface area contributed by atoms with Gasteiger partial charge in [0.1, 0.15) is 0 Å². The SMILES string of the molecule is CC1(CC(=O)NO)COCc2ccccc21. The maximum absolute atomic E-state index is 11.3. The minimum absolute atomic E-state index is 0.223. The predicted octanol–water partition coefficient (Wildman–Crippen LogP) is 1.37. The van der Waals surface area contributed by atoms with E-state index in [1.54, 1.807) is 5.48 Å². The highest BCUT2D eigenvalue weighted by molar-refractivity contribution is 5.76. The smallest absolute Gasteiger partial charge is 0.244 e. The van der Waals surface area contributed by atoms with Crippen LogP contribution in [0.25, 0.3) is 0 Å². The van der Waals surface area contributed by atoms with E-state index in [2.05, 4.69) is 0 Å². The Bertz CT molecular complexity index is 405. The summed E-state index contributed by atoms with van der Waals surface area (Å²) >= 11 is 0. The van der Waals surface area contributed by atoms with Gasteiger partial charge in [-0.25, -0.2) is 5.48 Å². The highest BCUT2D eigenvalue weighted by Crippen LogP contribution is 2.34. The zero-order chi connectivity index (χ0) is 11.6. The quantitative estimate of drug-likeness (QED) is 0.585. The molecule has 2 rings (SSSR count). The minimum atomic E-state index is -0.386. The van der Waals surface area contributed by atoms with E-state index in [1.165, 1.54) is 0 Å². The summed E-state index contributed by atoms with van der Waals surface area (Å²) in [6, 6.07) is 7.94. The first-order valence-electron chi connectivity index (χ1n) is 5.25. The molecule has 4 heteroatoms. The molecule has 0 saturated carbocycles. The van der Waals surface area contributed by atoms with Crippen molar-refractivity contribution >= 4 is 5.91 Å². The molecule has 2 N–H and O–H groups in total. The van der Waals surface area contributed by atoms with Gasteiger partial charge in [0.15, 0.2) is 0 Å². The molecule has 1 heterocycles. The molecule has 0 saturated heterocycles. The molecular formula is C12H15NO3. The van der Waals surface area contributed by atoms with Crippen molar-refractivity contribution in [3.63, 3.8) is 0 Å². The number of nitrogens with one attached hydrogen (secondary N) is 1. The third kappa shape index (κ3) is 1.94. The fourth-order valence-corrected chi connectivity index (χ4v) is 2.24. The van der Waals surface area contributed by atoms with Gasteiger partial charge in [0.25, 0.3) is 0 Å². The van der Waals surface area contributed by atoms with Gasteiger partial charge in [-0.05, 0) is 11.1 Å². The van der Waals surface area contributed by atoms with Crippen molar-refractivity contribution in [2.45, 2.75) is 25.4 Å². The molecule has 1 aliphatic rings. The van der Waals surface area contributed by atoms with Gasteiger partial charge in [0.2, 0.25) is 5.91 Å². The molecule has 0 aromatic heterocycles. The van der Waals surface area contributed by atoms with Crippen molar-refractivity contribution in [1.29, 1.82) is 0 Å². The lowest BCUT2D eigenvalue weighted by Gasteiger charge is -2.35. The number of benzene rings is 1. The molecule has 4 nitrogen and oxygen atoms in total. The van der Waals surface area contributed by atoms with Crippen molar-refractivity contribution in [2.75, 3.05) is 6.61 Å². The minimum Gasteiger partial charge on any atom is -0.376 e. The maximum Gasteiger partial charge on any atom is 0.244 e. The second-order valence-electron chi connectivity index (χ2n) is 4.42. The molecule has 1 aromatic carbocycles. The van der Waals surface area contributed by atoms with Crippen LogP contribution < -0.4 is 5.48 Å². The molecule has 0 aliphatic carbocycles. The number of carbonyl (C=O) groups is 1. The van der Waals surface area contributed by atoms with Crippen LogP contribution in [0.2, 0.25) is 0 Å². The molecule has 0 bridgehead atoms. The first-order valence-corrected chi connectivity index (χ1v) is 5.25. The Balaban J connectivity index is 2.32. The van der Waals surface area contributed by atoms with Crippen LogP contribution in [0.4, 0.5) is 0 Å². The van der Waals surface area contributed by atoms with E-state index in [-0.39, 0.29) is 17.7 Å². The monoisotopic (exact) mass is 221 g/mol. The van der Waals surface area contributed by atoms with Gasteiger partial charge in [-0.15, -0.1) is 0 Å².